The van der Waals surface area contributed by atoms with Crippen LogP contribution in [0.4, 0.5) is 0 Å². The van der Waals surface area contributed by atoms with Crippen molar-refractivity contribution in [2.45, 2.75) is 110 Å². The fraction of sp³-hybridized carbons (Fsp3) is 0.850. The van der Waals surface area contributed by atoms with Crippen LogP contribution in [0.25, 0.3) is 0 Å². The minimum atomic E-state index is -0.0373. The molecule has 0 atom stereocenters. The van der Waals surface area contributed by atoms with Crippen molar-refractivity contribution in [2.24, 2.45) is 0 Å². The molecule has 0 spiro atoms. The molecule has 0 saturated heterocycles. The summed E-state index contributed by atoms with van der Waals surface area (Å²) in [6.07, 6.45) is 25.8. The molecule has 0 aromatic heterocycles. The van der Waals surface area contributed by atoms with Crippen LogP contribution >= 0.6 is 0 Å². The second-order valence-corrected chi connectivity index (χ2v) is 6.27. The van der Waals surface area contributed by atoms with Gasteiger partial charge in [0, 0.05) is 6.42 Å². The number of Topliss-reactive ketones (excluding diaryl/α,β-unsaturated/α-hetero) is 1. The third kappa shape index (κ3) is 17.2. The number of hydrogen-bond acceptors (Lipinski definition) is 1. The highest BCUT2D eigenvalue weighted by atomic mass is 16.1. The Kier molecular flexibility index (Phi) is 16.6. The van der Waals surface area contributed by atoms with Crippen molar-refractivity contribution in [1.29, 1.82) is 0 Å². The van der Waals surface area contributed by atoms with Gasteiger partial charge in [-0.1, -0.05) is 96.8 Å². The van der Waals surface area contributed by atoms with Crippen LogP contribution in [0.15, 0.2) is 0 Å². The maximum Gasteiger partial charge on any atom is 0.205 e. The Morgan fingerprint density at radius 1 is 0.667 bits per heavy atom. The van der Waals surface area contributed by atoms with E-state index in [1.54, 1.807) is 0 Å². The summed E-state index contributed by atoms with van der Waals surface area (Å²) in [5, 5.41) is 0. The first-order chi connectivity index (χ1) is 10.3. The predicted octanol–water partition coefficient (Wildman–Crippen LogP) is 6.45. The first kappa shape index (κ1) is 20.2. The number of unbranched alkanes of at least 4 members (excludes halogenated alkanes) is 14. The van der Waals surface area contributed by atoms with Crippen molar-refractivity contribution in [2.75, 3.05) is 0 Å². The molecule has 0 radical (unpaired) electrons. The summed E-state index contributed by atoms with van der Waals surface area (Å²) in [6, 6.07) is 0. The average Bonchev–Trinajstić information content (AvgIpc) is 2.50. The van der Waals surface area contributed by atoms with Gasteiger partial charge in [0.05, 0.1) is 0 Å². The number of carbonyl (C=O) groups is 1. The van der Waals surface area contributed by atoms with Crippen LogP contribution in [0.3, 0.4) is 0 Å². The van der Waals surface area contributed by atoms with Gasteiger partial charge in [0.1, 0.15) is 0 Å². The molecule has 21 heavy (non-hydrogen) atoms. The summed E-state index contributed by atoms with van der Waals surface area (Å²) in [7, 11) is 0. The topological polar surface area (TPSA) is 17.1 Å². The normalized spacial score (nSPS) is 10.5. The molecule has 0 bridgehead atoms. The molecular formula is C20H36O. The summed E-state index contributed by atoms with van der Waals surface area (Å²) < 4.78 is 0. The van der Waals surface area contributed by atoms with E-state index in [-0.39, 0.29) is 5.78 Å². The second kappa shape index (κ2) is 17.3. The van der Waals surface area contributed by atoms with E-state index >= 15 is 0 Å². The van der Waals surface area contributed by atoms with Gasteiger partial charge < -0.3 is 0 Å². The molecule has 0 aliphatic carbocycles. The molecule has 0 rings (SSSR count). The quantitative estimate of drug-likeness (QED) is 0.181. The molecule has 0 fully saturated rings. The molecule has 0 unspecified atom stereocenters. The Bertz CT molecular complexity index is 262. The smallest absolute Gasteiger partial charge is 0.205 e. The molecule has 0 aliphatic heterocycles. The van der Waals surface area contributed by atoms with Crippen molar-refractivity contribution in [3.8, 4) is 12.3 Å². The van der Waals surface area contributed by atoms with Gasteiger partial charge in [-0.2, -0.15) is 0 Å². The van der Waals surface area contributed by atoms with E-state index in [0.29, 0.717) is 6.42 Å². The second-order valence-electron chi connectivity index (χ2n) is 6.27. The summed E-state index contributed by atoms with van der Waals surface area (Å²) >= 11 is 0. The van der Waals surface area contributed by atoms with Crippen LogP contribution in [0.2, 0.25) is 0 Å². The molecule has 0 N–H and O–H groups in total. The molecule has 0 heterocycles. The lowest BCUT2D eigenvalue weighted by Crippen LogP contribution is -1.92. The van der Waals surface area contributed by atoms with Crippen molar-refractivity contribution in [3.63, 3.8) is 0 Å². The van der Waals surface area contributed by atoms with Gasteiger partial charge in [-0.15, -0.1) is 6.42 Å². The van der Waals surface area contributed by atoms with Gasteiger partial charge in [0.2, 0.25) is 5.78 Å². The zero-order valence-corrected chi connectivity index (χ0v) is 14.3. The lowest BCUT2D eigenvalue weighted by Gasteiger charge is -2.03. The number of hydrogen-bond donors (Lipinski definition) is 0. The summed E-state index contributed by atoms with van der Waals surface area (Å²) in [5.74, 6) is 2.14. The average molecular weight is 293 g/mol. The Morgan fingerprint density at radius 3 is 1.33 bits per heavy atom. The van der Waals surface area contributed by atoms with Crippen molar-refractivity contribution < 1.29 is 4.79 Å². The Morgan fingerprint density at radius 2 is 1.00 bits per heavy atom. The first-order valence-electron chi connectivity index (χ1n) is 9.30. The maximum atomic E-state index is 10.9. The molecular weight excluding hydrogens is 256 g/mol. The summed E-state index contributed by atoms with van der Waals surface area (Å²) in [4.78, 5) is 10.9. The van der Waals surface area contributed by atoms with Crippen LogP contribution in [-0.4, -0.2) is 5.78 Å². The summed E-state index contributed by atoms with van der Waals surface area (Å²) in [5.41, 5.74) is 0. The van der Waals surface area contributed by atoms with Crippen LogP contribution in [0.5, 0.6) is 0 Å². The van der Waals surface area contributed by atoms with E-state index in [2.05, 4.69) is 12.8 Å². The fourth-order valence-corrected chi connectivity index (χ4v) is 2.73. The number of rotatable bonds is 16. The highest BCUT2D eigenvalue weighted by Gasteiger charge is 1.97. The summed E-state index contributed by atoms with van der Waals surface area (Å²) in [6.45, 7) is 2.27. The van der Waals surface area contributed by atoms with Crippen LogP contribution in [0, 0.1) is 12.3 Å². The third-order valence-electron chi connectivity index (χ3n) is 4.17. The Hall–Kier alpha value is -0.770. The molecule has 1 heteroatoms. The molecule has 0 saturated carbocycles. The monoisotopic (exact) mass is 292 g/mol. The van der Waals surface area contributed by atoms with Gasteiger partial charge in [0.25, 0.3) is 0 Å². The highest BCUT2D eigenvalue weighted by Crippen LogP contribution is 2.13. The number of terminal acetylenes is 1. The zero-order valence-electron chi connectivity index (χ0n) is 14.3. The molecule has 0 amide bonds. The van der Waals surface area contributed by atoms with Crippen LogP contribution in [-0.2, 0) is 4.79 Å². The molecule has 1 nitrogen and oxygen atoms in total. The number of carbonyl (C=O) groups excluding carboxylic acids is 1. The van der Waals surface area contributed by atoms with E-state index < -0.39 is 0 Å². The van der Waals surface area contributed by atoms with Gasteiger partial charge in [-0.05, 0) is 12.3 Å². The minimum Gasteiger partial charge on any atom is -0.285 e. The van der Waals surface area contributed by atoms with Gasteiger partial charge in [-0.3, -0.25) is 4.79 Å². The maximum absolute atomic E-state index is 10.9. The molecule has 0 aliphatic rings. The van der Waals surface area contributed by atoms with E-state index in [1.807, 2.05) is 0 Å². The van der Waals surface area contributed by atoms with E-state index in [1.165, 1.54) is 83.5 Å². The lowest BCUT2D eigenvalue weighted by atomic mass is 10.0. The van der Waals surface area contributed by atoms with E-state index in [4.69, 9.17) is 6.42 Å². The van der Waals surface area contributed by atoms with Crippen molar-refractivity contribution in [3.05, 3.63) is 0 Å². The largest absolute Gasteiger partial charge is 0.285 e. The first-order valence-corrected chi connectivity index (χ1v) is 9.30. The lowest BCUT2D eigenvalue weighted by molar-refractivity contribution is -0.113. The predicted molar refractivity (Wildman–Crippen MR) is 93.4 cm³/mol. The Labute approximate surface area is 133 Å². The SMILES string of the molecule is C#CC(=O)CCCCCCCCCCCCCCCCC. The van der Waals surface area contributed by atoms with Crippen molar-refractivity contribution in [1.82, 2.24) is 0 Å². The zero-order chi connectivity index (χ0) is 15.6. The molecule has 0 aromatic rings. The van der Waals surface area contributed by atoms with Crippen LogP contribution in [0.1, 0.15) is 110 Å². The standard InChI is InChI=1S/C20H36O/c1-3-5-6-7-8-9-10-11-12-13-14-15-16-17-18-19-20(21)4-2/h2H,3,5-19H2,1H3. The molecule has 0 aromatic carbocycles. The van der Waals surface area contributed by atoms with E-state index in [0.717, 1.165) is 12.8 Å². The Balaban J connectivity index is 3.00. The van der Waals surface area contributed by atoms with E-state index in [9.17, 15) is 4.79 Å². The number of ketones is 1. The molecule has 122 valence electrons. The highest BCUT2D eigenvalue weighted by molar-refractivity contribution is 5.94. The third-order valence-corrected chi connectivity index (χ3v) is 4.17. The van der Waals surface area contributed by atoms with Gasteiger partial charge in [-0.25, -0.2) is 0 Å². The van der Waals surface area contributed by atoms with Gasteiger partial charge in [0.15, 0.2) is 0 Å². The fourth-order valence-electron chi connectivity index (χ4n) is 2.73. The minimum absolute atomic E-state index is 0.0373. The van der Waals surface area contributed by atoms with Crippen LogP contribution < -0.4 is 0 Å². The van der Waals surface area contributed by atoms with Gasteiger partial charge >= 0.3 is 0 Å². The van der Waals surface area contributed by atoms with Crippen molar-refractivity contribution >= 4 is 5.78 Å².